The third kappa shape index (κ3) is 2.57. The molecule has 0 aliphatic rings. The lowest BCUT2D eigenvalue weighted by molar-refractivity contribution is -0.389. The lowest BCUT2D eigenvalue weighted by Crippen LogP contribution is -2.09. The maximum Gasteiger partial charge on any atom is 0.391 e. The van der Waals surface area contributed by atoms with Crippen LogP contribution in [0, 0.1) is 13.8 Å². The van der Waals surface area contributed by atoms with Gasteiger partial charge in [-0.25, -0.2) is 8.78 Å². The number of nitrogens with zero attached hydrogens (tertiary/aromatic N) is 3. The van der Waals surface area contributed by atoms with Crippen LogP contribution in [0.3, 0.4) is 0 Å². The van der Waals surface area contributed by atoms with Crippen molar-refractivity contribution in [3.8, 4) is 0 Å². The van der Waals surface area contributed by atoms with Gasteiger partial charge in [-0.3, -0.25) is 0 Å². The third-order valence-electron chi connectivity index (χ3n) is 1.22. The molecule has 0 fully saturated rings. The van der Waals surface area contributed by atoms with Gasteiger partial charge in [-0.2, -0.15) is 4.68 Å². The summed E-state index contributed by atoms with van der Waals surface area (Å²) in [5.41, 5.74) is 0. The molecule has 0 radical (unpaired) electrons. The zero-order valence-electron chi connectivity index (χ0n) is 6.15. The Bertz CT molecular complexity index is 328. The number of alkyl halides is 2. The van der Waals surface area contributed by atoms with Crippen LogP contribution in [-0.2, 0) is 6.54 Å². The van der Waals surface area contributed by atoms with Crippen molar-refractivity contribution in [2.45, 2.75) is 13.0 Å². The van der Waals surface area contributed by atoms with Gasteiger partial charge in [-0.15, -0.1) is 0 Å². The summed E-state index contributed by atoms with van der Waals surface area (Å²) < 4.78 is 25.0. The molecule has 0 N–H and O–H groups in total. The molecular formula is C5H4F2IN3O2. The Hall–Kier alpha value is -0.800. The highest BCUT2D eigenvalue weighted by Crippen LogP contribution is 2.14. The minimum absolute atomic E-state index is 0.324. The molecule has 1 heterocycles. The first-order chi connectivity index (χ1) is 6.00. The highest BCUT2D eigenvalue weighted by Gasteiger charge is 2.18. The van der Waals surface area contributed by atoms with Crippen molar-refractivity contribution in [1.29, 1.82) is 0 Å². The second kappa shape index (κ2) is 3.94. The van der Waals surface area contributed by atoms with Crippen LogP contribution in [0.2, 0.25) is 0 Å². The van der Waals surface area contributed by atoms with E-state index in [1.807, 2.05) is 0 Å². The summed E-state index contributed by atoms with van der Waals surface area (Å²) in [6, 6.07) is 1.14. The zero-order chi connectivity index (χ0) is 10.0. The first-order valence-corrected chi connectivity index (χ1v) is 4.24. The first-order valence-electron chi connectivity index (χ1n) is 3.16. The second-order valence-electron chi connectivity index (χ2n) is 2.16. The topological polar surface area (TPSA) is 61.0 Å². The molecule has 1 aromatic rings. The average Bonchev–Trinajstić information content (AvgIpc) is 2.31. The molecule has 0 spiro atoms. The Morgan fingerprint density at radius 2 is 2.38 bits per heavy atom. The van der Waals surface area contributed by atoms with Gasteiger partial charge in [0, 0.05) is 0 Å². The van der Waals surface area contributed by atoms with Crippen molar-refractivity contribution in [2.75, 3.05) is 0 Å². The standard InChI is InChI=1S/C5H4F2IN3O2/c6-3(7)2-10-4(8)1-5(9-10)11(12)13/h1,3H,2H2. The molecule has 0 aliphatic heterocycles. The number of hydrogen-bond donors (Lipinski definition) is 0. The minimum Gasteiger partial charge on any atom is -0.358 e. The van der Waals surface area contributed by atoms with Crippen LogP contribution in [0.1, 0.15) is 0 Å². The van der Waals surface area contributed by atoms with Crippen LogP contribution in [-0.4, -0.2) is 21.1 Å². The van der Waals surface area contributed by atoms with Crippen molar-refractivity contribution < 1.29 is 13.7 Å². The van der Waals surface area contributed by atoms with Crippen LogP contribution < -0.4 is 0 Å². The number of halogens is 3. The molecule has 0 aromatic carbocycles. The Morgan fingerprint density at radius 1 is 1.77 bits per heavy atom. The van der Waals surface area contributed by atoms with Crippen LogP contribution in [0.5, 0.6) is 0 Å². The summed E-state index contributed by atoms with van der Waals surface area (Å²) in [5, 5.41) is 13.6. The molecule has 5 nitrogen and oxygen atoms in total. The first kappa shape index (κ1) is 10.3. The fourth-order valence-electron chi connectivity index (χ4n) is 0.729. The van der Waals surface area contributed by atoms with Gasteiger partial charge in [-0.1, -0.05) is 0 Å². The molecule has 0 bridgehead atoms. The van der Waals surface area contributed by atoms with Gasteiger partial charge in [0.05, 0.1) is 11.2 Å². The predicted molar refractivity (Wildman–Crippen MR) is 47.6 cm³/mol. The van der Waals surface area contributed by atoms with E-state index in [9.17, 15) is 18.9 Å². The highest BCUT2D eigenvalue weighted by atomic mass is 127. The number of rotatable bonds is 3. The van der Waals surface area contributed by atoms with Gasteiger partial charge in [0.15, 0.2) is 0 Å². The summed E-state index contributed by atoms with van der Waals surface area (Å²) in [6.07, 6.45) is -2.56. The van der Waals surface area contributed by atoms with Crippen LogP contribution in [0.15, 0.2) is 6.07 Å². The molecule has 0 aliphatic carbocycles. The van der Waals surface area contributed by atoms with E-state index < -0.39 is 23.7 Å². The highest BCUT2D eigenvalue weighted by molar-refractivity contribution is 14.1. The second-order valence-corrected chi connectivity index (χ2v) is 3.26. The van der Waals surface area contributed by atoms with E-state index >= 15 is 0 Å². The third-order valence-corrected chi connectivity index (χ3v) is 2.08. The van der Waals surface area contributed by atoms with Crippen molar-refractivity contribution in [2.24, 2.45) is 0 Å². The van der Waals surface area contributed by atoms with E-state index in [0.717, 1.165) is 10.7 Å². The van der Waals surface area contributed by atoms with E-state index in [1.165, 1.54) is 0 Å². The van der Waals surface area contributed by atoms with E-state index in [-0.39, 0.29) is 0 Å². The molecule has 0 atom stereocenters. The fraction of sp³-hybridized carbons (Fsp3) is 0.400. The largest absolute Gasteiger partial charge is 0.391 e. The van der Waals surface area contributed by atoms with Crippen LogP contribution in [0.25, 0.3) is 0 Å². The lowest BCUT2D eigenvalue weighted by Gasteiger charge is -1.95. The lowest BCUT2D eigenvalue weighted by atomic mass is 10.6. The molecule has 0 saturated heterocycles. The molecule has 0 amide bonds. The van der Waals surface area contributed by atoms with E-state index in [4.69, 9.17) is 0 Å². The van der Waals surface area contributed by atoms with Crippen molar-refractivity contribution in [3.05, 3.63) is 19.9 Å². The maximum absolute atomic E-state index is 11.9. The molecule has 1 aromatic heterocycles. The smallest absolute Gasteiger partial charge is 0.358 e. The van der Waals surface area contributed by atoms with Crippen molar-refractivity contribution in [1.82, 2.24) is 9.78 Å². The molecule has 1 rings (SSSR count). The van der Waals surface area contributed by atoms with Gasteiger partial charge in [0.1, 0.15) is 10.2 Å². The van der Waals surface area contributed by atoms with E-state index in [2.05, 4.69) is 5.10 Å². The summed E-state index contributed by atoms with van der Waals surface area (Å²) in [4.78, 5) is 9.47. The molecule has 72 valence electrons. The van der Waals surface area contributed by atoms with Crippen molar-refractivity contribution in [3.63, 3.8) is 0 Å². The van der Waals surface area contributed by atoms with E-state index in [1.54, 1.807) is 22.6 Å². The quantitative estimate of drug-likeness (QED) is 0.485. The predicted octanol–water partition coefficient (Wildman–Crippen LogP) is 1.66. The molecule has 0 saturated carbocycles. The number of aromatic nitrogens is 2. The monoisotopic (exact) mass is 303 g/mol. The average molecular weight is 303 g/mol. The van der Waals surface area contributed by atoms with Crippen LogP contribution >= 0.6 is 22.6 Å². The van der Waals surface area contributed by atoms with Gasteiger partial charge in [0.2, 0.25) is 0 Å². The summed E-state index contributed by atoms with van der Waals surface area (Å²) in [6.45, 7) is -0.619. The molecule has 0 unspecified atom stereocenters. The minimum atomic E-state index is -2.56. The van der Waals surface area contributed by atoms with Crippen LogP contribution in [0.4, 0.5) is 14.6 Å². The number of hydrogen-bond acceptors (Lipinski definition) is 3. The molecule has 13 heavy (non-hydrogen) atoms. The SMILES string of the molecule is O=[N+]([O-])c1cc(I)n(CC(F)F)n1. The summed E-state index contributed by atoms with van der Waals surface area (Å²) >= 11 is 1.71. The Labute approximate surface area is 85.0 Å². The summed E-state index contributed by atoms with van der Waals surface area (Å²) in [5.74, 6) is -0.412. The Morgan fingerprint density at radius 3 is 2.77 bits per heavy atom. The fourth-order valence-corrected chi connectivity index (χ4v) is 1.31. The maximum atomic E-state index is 11.9. The molecule has 8 heteroatoms. The summed E-state index contributed by atoms with van der Waals surface area (Å²) in [7, 11) is 0. The van der Waals surface area contributed by atoms with Gasteiger partial charge in [-0.05, 0) is 27.5 Å². The van der Waals surface area contributed by atoms with Gasteiger partial charge in [0.25, 0.3) is 6.43 Å². The molecular weight excluding hydrogens is 299 g/mol. The Kier molecular flexibility index (Phi) is 3.12. The Balaban J connectivity index is 2.90. The van der Waals surface area contributed by atoms with Gasteiger partial charge < -0.3 is 10.1 Å². The zero-order valence-corrected chi connectivity index (χ0v) is 8.31. The normalized spacial score (nSPS) is 10.8. The van der Waals surface area contributed by atoms with Crippen molar-refractivity contribution >= 4 is 28.4 Å². The van der Waals surface area contributed by atoms with Gasteiger partial charge >= 0.3 is 5.82 Å². The number of nitro groups is 1. The van der Waals surface area contributed by atoms with E-state index in [0.29, 0.717) is 3.70 Å².